The van der Waals surface area contributed by atoms with Gasteiger partial charge >= 0.3 is 0 Å². The van der Waals surface area contributed by atoms with Gasteiger partial charge in [0.2, 0.25) is 5.91 Å². The molecule has 74 heavy (non-hydrogen) atoms. The number of amides is 1. The highest BCUT2D eigenvalue weighted by atomic mass is 16.8. The lowest BCUT2D eigenvalue weighted by molar-refractivity contribution is -0.379. The molecule has 0 saturated carbocycles. The topological polar surface area (TPSA) is 307 Å². The van der Waals surface area contributed by atoms with E-state index in [0.717, 1.165) is 57.8 Å². The van der Waals surface area contributed by atoms with E-state index in [2.05, 4.69) is 19.2 Å². The van der Waals surface area contributed by atoms with Gasteiger partial charge in [0.15, 0.2) is 18.9 Å². The van der Waals surface area contributed by atoms with Crippen LogP contribution in [-0.2, 0) is 33.2 Å². The second kappa shape index (κ2) is 39.8. The number of carbonyl (C=O) groups excluding carboxylic acids is 1. The Balaban J connectivity index is 1.44. The van der Waals surface area contributed by atoms with Crippen molar-refractivity contribution in [1.82, 2.24) is 5.32 Å². The van der Waals surface area contributed by atoms with E-state index in [4.69, 9.17) is 28.4 Å². The van der Waals surface area contributed by atoms with E-state index < -0.39 is 124 Å². The summed E-state index contributed by atoms with van der Waals surface area (Å²) in [6, 6.07) is -0.964. The van der Waals surface area contributed by atoms with E-state index in [1.165, 1.54) is 116 Å². The zero-order valence-corrected chi connectivity index (χ0v) is 45.1. The van der Waals surface area contributed by atoms with E-state index >= 15 is 0 Å². The molecular formula is C55H103NO18. The molecule has 3 fully saturated rings. The van der Waals surface area contributed by atoms with E-state index in [9.17, 15) is 61.0 Å². The van der Waals surface area contributed by atoms with Crippen LogP contribution in [0.1, 0.15) is 200 Å². The number of carbonyl (C=O) groups is 1. The minimum absolute atomic E-state index is 0.243. The van der Waals surface area contributed by atoms with Gasteiger partial charge in [-0.25, -0.2) is 0 Å². The quantitative estimate of drug-likeness (QED) is 0.0301. The molecular weight excluding hydrogens is 963 g/mol. The number of hydrogen-bond donors (Lipinski definition) is 12. The van der Waals surface area contributed by atoms with Crippen molar-refractivity contribution < 1.29 is 89.4 Å². The second-order valence-electron chi connectivity index (χ2n) is 21.1. The highest BCUT2D eigenvalue weighted by molar-refractivity contribution is 5.76. The average molecular weight is 1070 g/mol. The van der Waals surface area contributed by atoms with Crippen LogP contribution in [0.4, 0.5) is 0 Å². The van der Waals surface area contributed by atoms with Crippen LogP contribution in [0.25, 0.3) is 0 Å². The fraction of sp³-hybridized carbons (Fsp3) is 0.945. The zero-order chi connectivity index (χ0) is 54.1. The van der Waals surface area contributed by atoms with Crippen molar-refractivity contribution in [2.24, 2.45) is 0 Å². The predicted octanol–water partition coefficient (Wildman–Crippen LogP) is 4.21. The van der Waals surface area contributed by atoms with Crippen LogP contribution in [-0.4, -0.2) is 193 Å². The molecule has 17 atom stereocenters. The summed E-state index contributed by atoms with van der Waals surface area (Å²) in [5.74, 6) is -0.284. The largest absolute Gasteiger partial charge is 0.394 e. The lowest BCUT2D eigenvalue weighted by atomic mass is 9.96. The molecule has 0 radical (unpaired) electrons. The fourth-order valence-electron chi connectivity index (χ4n) is 10.0. The SMILES string of the molecule is CCCCCCCCCCCCCCCCCCCCCCC/C=C/C(O)C(COC1OC(CO)C(OC2OC(CO)C(OC3OC(CO)C(O)C(O)C3O)C(O)C2O)C(O)C1O)NC(=O)CCCCCCCC. The highest BCUT2D eigenvalue weighted by Gasteiger charge is 2.53. The summed E-state index contributed by atoms with van der Waals surface area (Å²) < 4.78 is 34.1. The molecule has 0 aromatic rings. The molecule has 3 heterocycles. The number of unbranched alkanes of at least 4 members (excludes halogenated alkanes) is 26. The molecule has 0 spiro atoms. The Hall–Kier alpha value is -1.47. The monoisotopic (exact) mass is 1070 g/mol. The fourth-order valence-corrected chi connectivity index (χ4v) is 10.0. The van der Waals surface area contributed by atoms with Crippen molar-refractivity contribution in [1.29, 1.82) is 0 Å². The summed E-state index contributed by atoms with van der Waals surface area (Å²) in [5, 5.41) is 120. The first-order valence-corrected chi connectivity index (χ1v) is 28.9. The number of ether oxygens (including phenoxy) is 6. The summed E-state index contributed by atoms with van der Waals surface area (Å²) in [7, 11) is 0. The van der Waals surface area contributed by atoms with Gasteiger partial charge in [-0.1, -0.05) is 187 Å². The average Bonchev–Trinajstić information content (AvgIpc) is 3.40. The van der Waals surface area contributed by atoms with Gasteiger partial charge in [-0.05, 0) is 19.3 Å². The third kappa shape index (κ3) is 24.3. The van der Waals surface area contributed by atoms with Crippen molar-refractivity contribution in [3.63, 3.8) is 0 Å². The maximum atomic E-state index is 13.1. The maximum absolute atomic E-state index is 13.1. The number of hydrogen-bond acceptors (Lipinski definition) is 18. The standard InChI is InChI=1S/C55H103NO18/c1-3-5-7-9-11-12-13-14-15-16-17-18-19-20-21-22-23-24-25-26-27-28-30-32-39(60)38(56-43(61)33-31-29-10-8-6-4-2)37-69-53-49(67)46(64)51(41(35-58)71-53)74-55-50(68)47(65)52(42(36-59)72-55)73-54-48(66)45(63)44(62)40(34-57)70-54/h30,32,38-42,44-55,57-60,62-68H,3-29,31,33-37H2,1-2H3,(H,56,61)/b32-30+. The molecule has 12 N–H and O–H groups in total. The van der Waals surface area contributed by atoms with Gasteiger partial charge in [0.1, 0.15) is 73.2 Å². The molecule has 3 saturated heterocycles. The van der Waals surface area contributed by atoms with Gasteiger partial charge in [-0.15, -0.1) is 0 Å². The molecule has 3 rings (SSSR count). The lowest BCUT2D eigenvalue weighted by Gasteiger charge is -2.48. The van der Waals surface area contributed by atoms with E-state index in [1.54, 1.807) is 6.08 Å². The Morgan fingerprint density at radius 2 is 0.838 bits per heavy atom. The third-order valence-electron chi connectivity index (χ3n) is 14.8. The minimum atomic E-state index is -1.97. The van der Waals surface area contributed by atoms with Crippen LogP contribution in [0.2, 0.25) is 0 Å². The van der Waals surface area contributed by atoms with E-state index in [1.807, 2.05) is 6.08 Å². The summed E-state index contributed by atoms with van der Waals surface area (Å²) in [6.45, 7) is 1.64. The van der Waals surface area contributed by atoms with Crippen molar-refractivity contribution >= 4 is 5.91 Å². The number of allylic oxidation sites excluding steroid dienone is 1. The van der Waals surface area contributed by atoms with Crippen molar-refractivity contribution in [3.8, 4) is 0 Å². The summed E-state index contributed by atoms with van der Waals surface area (Å²) in [4.78, 5) is 13.1. The van der Waals surface area contributed by atoms with E-state index in [0.29, 0.717) is 6.42 Å². The molecule has 0 aliphatic carbocycles. The van der Waals surface area contributed by atoms with Crippen LogP contribution in [0.5, 0.6) is 0 Å². The second-order valence-corrected chi connectivity index (χ2v) is 21.1. The van der Waals surface area contributed by atoms with E-state index in [-0.39, 0.29) is 18.9 Å². The molecule has 0 aromatic carbocycles. The number of nitrogens with one attached hydrogen (secondary N) is 1. The molecule has 3 aliphatic heterocycles. The third-order valence-corrected chi connectivity index (χ3v) is 14.8. The molecule has 436 valence electrons. The van der Waals surface area contributed by atoms with Gasteiger partial charge in [0.25, 0.3) is 0 Å². The van der Waals surface area contributed by atoms with Crippen LogP contribution < -0.4 is 5.32 Å². The maximum Gasteiger partial charge on any atom is 0.220 e. The van der Waals surface area contributed by atoms with Gasteiger partial charge in [-0.2, -0.15) is 0 Å². The summed E-state index contributed by atoms with van der Waals surface area (Å²) >= 11 is 0. The van der Waals surface area contributed by atoms with Crippen molar-refractivity contribution in [2.75, 3.05) is 26.4 Å². The van der Waals surface area contributed by atoms with Gasteiger partial charge in [0, 0.05) is 6.42 Å². The minimum Gasteiger partial charge on any atom is -0.394 e. The first-order chi connectivity index (χ1) is 35.8. The molecule has 3 aliphatic rings. The van der Waals surface area contributed by atoms with Crippen LogP contribution in [0, 0.1) is 0 Å². The molecule has 19 nitrogen and oxygen atoms in total. The van der Waals surface area contributed by atoms with Gasteiger partial charge in [-0.3, -0.25) is 4.79 Å². The smallest absolute Gasteiger partial charge is 0.220 e. The van der Waals surface area contributed by atoms with Gasteiger partial charge < -0.3 is 89.9 Å². The molecule has 0 bridgehead atoms. The Morgan fingerprint density at radius 1 is 0.473 bits per heavy atom. The van der Waals surface area contributed by atoms with Crippen molar-refractivity contribution in [3.05, 3.63) is 12.2 Å². The normalized spacial score (nSPS) is 31.5. The van der Waals surface area contributed by atoms with Crippen LogP contribution >= 0.6 is 0 Å². The Labute approximate surface area is 442 Å². The van der Waals surface area contributed by atoms with Crippen LogP contribution in [0.15, 0.2) is 12.2 Å². The molecule has 17 unspecified atom stereocenters. The first kappa shape index (κ1) is 66.8. The Bertz CT molecular complexity index is 1410. The lowest BCUT2D eigenvalue weighted by Crippen LogP contribution is -2.66. The number of rotatable bonds is 42. The molecule has 19 heteroatoms. The number of aliphatic hydroxyl groups excluding tert-OH is 11. The molecule has 1 amide bonds. The Kier molecular flexibility index (Phi) is 35.9. The highest BCUT2D eigenvalue weighted by Crippen LogP contribution is 2.33. The van der Waals surface area contributed by atoms with Crippen molar-refractivity contribution in [2.45, 2.75) is 304 Å². The number of aliphatic hydroxyl groups is 11. The summed E-state index contributed by atoms with van der Waals surface area (Å²) in [5.41, 5.74) is 0. The Morgan fingerprint density at radius 3 is 1.27 bits per heavy atom. The first-order valence-electron chi connectivity index (χ1n) is 28.9. The zero-order valence-electron chi connectivity index (χ0n) is 45.1. The predicted molar refractivity (Wildman–Crippen MR) is 277 cm³/mol. The summed E-state index contributed by atoms with van der Waals surface area (Å²) in [6.07, 6.45) is 11.2. The van der Waals surface area contributed by atoms with Gasteiger partial charge in [0.05, 0.1) is 38.6 Å². The molecule has 0 aromatic heterocycles. The van der Waals surface area contributed by atoms with Crippen LogP contribution in [0.3, 0.4) is 0 Å².